The van der Waals surface area contributed by atoms with E-state index in [9.17, 15) is 18.0 Å². The minimum Gasteiger partial charge on any atom is -0.294 e. The number of Topliss-reactive ketones (excluding diaryl/α,β-unsaturated/α-hetero) is 1. The molecule has 0 saturated heterocycles. The van der Waals surface area contributed by atoms with Crippen LogP contribution in [0.3, 0.4) is 0 Å². The summed E-state index contributed by atoms with van der Waals surface area (Å²) in [5.41, 5.74) is -0.438. The van der Waals surface area contributed by atoms with Crippen molar-refractivity contribution in [1.29, 1.82) is 0 Å². The molecule has 1 aromatic heterocycles. The predicted molar refractivity (Wildman–Crippen MR) is 63.8 cm³/mol. The van der Waals surface area contributed by atoms with Crippen LogP contribution in [0, 0.1) is 0 Å². The Bertz CT molecular complexity index is 526. The number of ketones is 1. The topological polar surface area (TPSA) is 17.1 Å². The second kappa shape index (κ2) is 4.94. The van der Waals surface area contributed by atoms with Gasteiger partial charge < -0.3 is 0 Å². The molecule has 0 aliphatic carbocycles. The molecule has 0 atom stereocenters. The average molecular weight is 270 g/mol. The first-order valence-corrected chi connectivity index (χ1v) is 6.07. The number of alkyl halides is 3. The number of hydrogen-bond acceptors (Lipinski definition) is 2. The number of carbonyl (C=O) groups is 1. The zero-order valence-electron chi connectivity index (χ0n) is 9.20. The van der Waals surface area contributed by atoms with Crippen LogP contribution in [-0.2, 0) is 12.6 Å². The maximum Gasteiger partial charge on any atom is 0.416 e. The average Bonchev–Trinajstić information content (AvgIpc) is 2.81. The molecule has 94 valence electrons. The lowest BCUT2D eigenvalue weighted by atomic mass is 10.1. The van der Waals surface area contributed by atoms with Crippen molar-refractivity contribution >= 4 is 17.1 Å². The van der Waals surface area contributed by atoms with Gasteiger partial charge >= 0.3 is 6.18 Å². The lowest BCUT2D eigenvalue weighted by Crippen LogP contribution is -2.07. The van der Waals surface area contributed by atoms with Gasteiger partial charge in [0.05, 0.1) is 5.56 Å². The number of carbonyl (C=O) groups excluding carboxylic acids is 1. The Balaban J connectivity index is 2.12. The Morgan fingerprint density at radius 1 is 1.11 bits per heavy atom. The van der Waals surface area contributed by atoms with Crippen LogP contribution in [0.2, 0.25) is 0 Å². The summed E-state index contributed by atoms with van der Waals surface area (Å²) in [6.07, 6.45) is -4.14. The molecule has 2 aromatic rings. The summed E-state index contributed by atoms with van der Waals surface area (Å²) >= 11 is 1.45. The van der Waals surface area contributed by atoms with Crippen molar-refractivity contribution in [2.24, 2.45) is 0 Å². The molecule has 1 aromatic carbocycles. The molecule has 2 rings (SSSR count). The number of hydrogen-bond donors (Lipinski definition) is 0. The van der Waals surface area contributed by atoms with Gasteiger partial charge in [0.15, 0.2) is 5.78 Å². The number of benzene rings is 1. The van der Waals surface area contributed by atoms with Gasteiger partial charge in [-0.25, -0.2) is 0 Å². The molecule has 5 heteroatoms. The van der Waals surface area contributed by atoms with Crippen LogP contribution in [0.4, 0.5) is 13.2 Å². The second-order valence-corrected chi connectivity index (χ2v) is 4.79. The van der Waals surface area contributed by atoms with E-state index in [2.05, 4.69) is 0 Å². The minimum absolute atomic E-state index is 0.175. The molecule has 0 amide bonds. The van der Waals surface area contributed by atoms with Gasteiger partial charge in [-0.05, 0) is 23.6 Å². The van der Waals surface area contributed by atoms with E-state index in [0.717, 1.165) is 17.0 Å². The van der Waals surface area contributed by atoms with Crippen LogP contribution >= 0.6 is 11.3 Å². The molecule has 0 saturated carbocycles. The molecular formula is C13H9F3OS. The zero-order chi connectivity index (χ0) is 13.2. The third-order valence-corrected chi connectivity index (χ3v) is 3.33. The molecular weight excluding hydrogens is 261 g/mol. The standard InChI is InChI=1S/C13H9F3OS/c14-13(15,16)10-5-3-9(4-6-10)12(17)8-11-2-1-7-18-11/h1-7H,8H2. The third-order valence-electron chi connectivity index (χ3n) is 2.45. The van der Waals surface area contributed by atoms with Gasteiger partial charge in [-0.1, -0.05) is 18.2 Å². The maximum absolute atomic E-state index is 12.3. The second-order valence-electron chi connectivity index (χ2n) is 3.75. The molecule has 0 bridgehead atoms. The van der Waals surface area contributed by atoms with Gasteiger partial charge in [0.25, 0.3) is 0 Å². The first kappa shape index (κ1) is 12.8. The van der Waals surface area contributed by atoms with E-state index in [-0.39, 0.29) is 12.2 Å². The molecule has 0 aliphatic rings. The molecule has 0 unspecified atom stereocenters. The normalized spacial score (nSPS) is 11.5. The van der Waals surface area contributed by atoms with E-state index < -0.39 is 11.7 Å². The van der Waals surface area contributed by atoms with E-state index in [0.29, 0.717) is 5.56 Å². The Morgan fingerprint density at radius 3 is 2.28 bits per heavy atom. The van der Waals surface area contributed by atoms with Crippen molar-refractivity contribution in [3.8, 4) is 0 Å². The van der Waals surface area contributed by atoms with Crippen molar-refractivity contribution < 1.29 is 18.0 Å². The van der Waals surface area contributed by atoms with Crippen LogP contribution in [0.1, 0.15) is 20.8 Å². The van der Waals surface area contributed by atoms with Gasteiger partial charge in [0, 0.05) is 16.9 Å². The Hall–Kier alpha value is -1.62. The molecule has 0 spiro atoms. The van der Waals surface area contributed by atoms with E-state index in [4.69, 9.17) is 0 Å². The monoisotopic (exact) mass is 270 g/mol. The lowest BCUT2D eigenvalue weighted by molar-refractivity contribution is -0.137. The highest BCUT2D eigenvalue weighted by atomic mass is 32.1. The highest BCUT2D eigenvalue weighted by Gasteiger charge is 2.30. The summed E-state index contributed by atoms with van der Waals surface area (Å²) in [6, 6.07) is 7.97. The summed E-state index contributed by atoms with van der Waals surface area (Å²) < 4.78 is 37.0. The Labute approximate surface area is 106 Å². The van der Waals surface area contributed by atoms with Gasteiger partial charge in [0.1, 0.15) is 0 Å². The molecule has 0 aliphatic heterocycles. The van der Waals surface area contributed by atoms with Gasteiger partial charge in [-0.3, -0.25) is 4.79 Å². The summed E-state index contributed by atoms with van der Waals surface area (Å²) in [4.78, 5) is 12.7. The van der Waals surface area contributed by atoms with Gasteiger partial charge in [0.2, 0.25) is 0 Å². The minimum atomic E-state index is -4.37. The summed E-state index contributed by atoms with van der Waals surface area (Å²) in [5.74, 6) is -0.175. The van der Waals surface area contributed by atoms with Crippen LogP contribution in [-0.4, -0.2) is 5.78 Å². The van der Waals surface area contributed by atoms with Crippen LogP contribution in [0.15, 0.2) is 41.8 Å². The van der Waals surface area contributed by atoms with Crippen molar-refractivity contribution in [3.63, 3.8) is 0 Å². The van der Waals surface area contributed by atoms with Gasteiger partial charge in [-0.15, -0.1) is 11.3 Å². The summed E-state index contributed by atoms with van der Waals surface area (Å²) in [6.45, 7) is 0. The van der Waals surface area contributed by atoms with Crippen LogP contribution in [0.25, 0.3) is 0 Å². The quantitative estimate of drug-likeness (QED) is 0.764. The molecule has 1 heterocycles. The summed E-state index contributed by atoms with van der Waals surface area (Å²) in [5, 5.41) is 1.86. The fourth-order valence-electron chi connectivity index (χ4n) is 1.52. The number of rotatable bonds is 3. The van der Waals surface area contributed by atoms with E-state index in [1.165, 1.54) is 23.5 Å². The highest BCUT2D eigenvalue weighted by molar-refractivity contribution is 7.10. The lowest BCUT2D eigenvalue weighted by Gasteiger charge is -2.06. The highest BCUT2D eigenvalue weighted by Crippen LogP contribution is 2.29. The largest absolute Gasteiger partial charge is 0.416 e. The predicted octanol–water partition coefficient (Wildman–Crippen LogP) is 4.19. The fourth-order valence-corrected chi connectivity index (χ4v) is 2.22. The third kappa shape index (κ3) is 2.98. The Kier molecular flexibility index (Phi) is 3.52. The number of thiophene rings is 1. The van der Waals surface area contributed by atoms with Crippen molar-refractivity contribution in [2.45, 2.75) is 12.6 Å². The molecule has 0 radical (unpaired) electrons. The smallest absolute Gasteiger partial charge is 0.294 e. The molecule has 0 N–H and O–H groups in total. The molecule has 0 fully saturated rings. The number of halogens is 3. The molecule has 1 nitrogen and oxygen atoms in total. The molecule has 18 heavy (non-hydrogen) atoms. The van der Waals surface area contributed by atoms with Crippen LogP contribution in [0.5, 0.6) is 0 Å². The first-order chi connectivity index (χ1) is 8.47. The SMILES string of the molecule is O=C(Cc1cccs1)c1ccc(C(F)(F)F)cc1. The van der Waals surface area contributed by atoms with E-state index in [1.807, 2.05) is 17.5 Å². The van der Waals surface area contributed by atoms with Crippen molar-refractivity contribution in [3.05, 3.63) is 57.8 Å². The Morgan fingerprint density at radius 2 is 1.78 bits per heavy atom. The van der Waals surface area contributed by atoms with E-state index in [1.54, 1.807) is 0 Å². The summed E-state index contributed by atoms with van der Waals surface area (Å²) in [7, 11) is 0. The van der Waals surface area contributed by atoms with Gasteiger partial charge in [-0.2, -0.15) is 13.2 Å². The zero-order valence-corrected chi connectivity index (χ0v) is 10.0. The van der Waals surface area contributed by atoms with E-state index >= 15 is 0 Å². The van der Waals surface area contributed by atoms with Crippen molar-refractivity contribution in [2.75, 3.05) is 0 Å². The maximum atomic E-state index is 12.3. The first-order valence-electron chi connectivity index (χ1n) is 5.19. The fraction of sp³-hybridized carbons (Fsp3) is 0.154. The van der Waals surface area contributed by atoms with Crippen molar-refractivity contribution in [1.82, 2.24) is 0 Å². The van der Waals surface area contributed by atoms with Crippen LogP contribution < -0.4 is 0 Å².